The zero-order valence-corrected chi connectivity index (χ0v) is 11.0. The molecule has 18 heavy (non-hydrogen) atoms. The van der Waals surface area contributed by atoms with E-state index in [2.05, 4.69) is 9.72 Å². The summed E-state index contributed by atoms with van der Waals surface area (Å²) in [6.45, 7) is 0. The molecule has 0 aliphatic heterocycles. The van der Waals surface area contributed by atoms with Crippen molar-refractivity contribution in [3.8, 4) is 0 Å². The van der Waals surface area contributed by atoms with Crippen molar-refractivity contribution in [2.24, 2.45) is 5.92 Å². The first-order valence-electron chi connectivity index (χ1n) is 5.87. The molecule has 1 aliphatic carbocycles. The Hall–Kier alpha value is -1.43. The maximum absolute atomic E-state index is 11.0. The fraction of sp³-hybridized carbons (Fsp3) is 0.583. The molecule has 2 rings (SSSR count). The van der Waals surface area contributed by atoms with Gasteiger partial charge in [0.2, 0.25) is 0 Å². The lowest BCUT2D eigenvalue weighted by atomic mass is 9.91. The molecule has 1 aliphatic rings. The van der Waals surface area contributed by atoms with Crippen molar-refractivity contribution in [3.05, 3.63) is 15.6 Å². The summed E-state index contributed by atoms with van der Waals surface area (Å²) in [6, 6.07) is 0. The van der Waals surface area contributed by atoms with Crippen LogP contribution in [0, 0.1) is 5.92 Å². The number of aryl methyl sites for hydroxylation is 2. The number of esters is 1. The van der Waals surface area contributed by atoms with Gasteiger partial charge in [-0.3, -0.25) is 9.59 Å². The third-order valence-electron chi connectivity index (χ3n) is 3.10. The zero-order valence-electron chi connectivity index (χ0n) is 10.1. The van der Waals surface area contributed by atoms with Crippen LogP contribution in [0.3, 0.4) is 0 Å². The number of thiazole rings is 1. The number of fused-ring (bicyclic) bond motifs is 1. The molecular weight excluding hydrogens is 254 g/mol. The van der Waals surface area contributed by atoms with Crippen LogP contribution < -0.4 is 0 Å². The molecule has 0 aromatic carbocycles. The Balaban J connectivity index is 2.01. The molecule has 0 saturated heterocycles. The number of aliphatic carboxylic acids is 1. The number of aromatic nitrogens is 1. The Labute approximate surface area is 109 Å². The Bertz CT molecular complexity index is 469. The molecular formula is C12H15NO4S. The largest absolute Gasteiger partial charge is 0.481 e. The molecule has 5 nitrogen and oxygen atoms in total. The quantitative estimate of drug-likeness (QED) is 0.837. The summed E-state index contributed by atoms with van der Waals surface area (Å²) >= 11 is 1.59. The van der Waals surface area contributed by atoms with Gasteiger partial charge < -0.3 is 9.84 Å². The molecule has 1 N–H and O–H groups in total. The second-order valence-electron chi connectivity index (χ2n) is 4.33. The SMILES string of the molecule is COC(=O)CCc1nc2c(s1)CCC(C(=O)O)C2. The average molecular weight is 269 g/mol. The van der Waals surface area contributed by atoms with Crippen LogP contribution in [0.1, 0.15) is 28.4 Å². The Morgan fingerprint density at radius 3 is 3.00 bits per heavy atom. The number of carboxylic acids is 1. The third kappa shape index (κ3) is 2.87. The van der Waals surface area contributed by atoms with Gasteiger partial charge in [-0.05, 0) is 12.8 Å². The highest BCUT2D eigenvalue weighted by atomic mass is 32.1. The van der Waals surface area contributed by atoms with Gasteiger partial charge in [0.05, 0.1) is 30.2 Å². The summed E-state index contributed by atoms with van der Waals surface area (Å²) in [4.78, 5) is 27.6. The van der Waals surface area contributed by atoms with Crippen molar-refractivity contribution in [1.82, 2.24) is 4.98 Å². The lowest BCUT2D eigenvalue weighted by Crippen LogP contribution is -2.21. The number of hydrogen-bond acceptors (Lipinski definition) is 5. The number of hydrogen-bond donors (Lipinski definition) is 1. The minimum atomic E-state index is -0.746. The molecule has 0 saturated carbocycles. The lowest BCUT2D eigenvalue weighted by molar-refractivity contribution is -0.142. The van der Waals surface area contributed by atoms with Gasteiger partial charge in [0.15, 0.2) is 0 Å². The van der Waals surface area contributed by atoms with E-state index in [-0.39, 0.29) is 11.9 Å². The van der Waals surface area contributed by atoms with Crippen LogP contribution in [0.2, 0.25) is 0 Å². The molecule has 1 aromatic heterocycles. The molecule has 0 bridgehead atoms. The van der Waals surface area contributed by atoms with Crippen LogP contribution in [-0.4, -0.2) is 29.1 Å². The molecule has 1 unspecified atom stereocenters. The zero-order chi connectivity index (χ0) is 13.1. The van der Waals surface area contributed by atoms with E-state index in [1.165, 1.54) is 12.0 Å². The molecule has 1 aromatic rings. The maximum atomic E-state index is 11.0. The predicted octanol–water partition coefficient (Wildman–Crippen LogP) is 1.44. The Morgan fingerprint density at radius 2 is 2.33 bits per heavy atom. The van der Waals surface area contributed by atoms with Crippen molar-refractivity contribution < 1.29 is 19.4 Å². The first kappa shape index (κ1) is 13.0. The van der Waals surface area contributed by atoms with Crippen molar-refractivity contribution in [2.75, 3.05) is 7.11 Å². The van der Waals surface area contributed by atoms with E-state index >= 15 is 0 Å². The van der Waals surface area contributed by atoms with Crippen LogP contribution >= 0.6 is 11.3 Å². The molecule has 0 amide bonds. The number of nitrogens with zero attached hydrogens (tertiary/aromatic N) is 1. The van der Waals surface area contributed by atoms with Crippen LogP contribution in [0.4, 0.5) is 0 Å². The standard InChI is InChI=1S/C12H15NO4S/c1-17-11(14)5-4-10-13-8-6-7(12(15)16)2-3-9(8)18-10/h7H,2-6H2,1H3,(H,15,16). The van der Waals surface area contributed by atoms with E-state index in [1.807, 2.05) is 0 Å². The van der Waals surface area contributed by atoms with Gasteiger partial charge in [-0.15, -0.1) is 11.3 Å². The second kappa shape index (κ2) is 5.48. The number of carbonyl (C=O) groups is 2. The van der Waals surface area contributed by atoms with Gasteiger partial charge in [0.1, 0.15) is 0 Å². The van der Waals surface area contributed by atoms with Crippen LogP contribution in [0.15, 0.2) is 0 Å². The predicted molar refractivity (Wildman–Crippen MR) is 65.6 cm³/mol. The van der Waals surface area contributed by atoms with E-state index in [9.17, 15) is 9.59 Å². The summed E-state index contributed by atoms with van der Waals surface area (Å²) in [5.74, 6) is -1.30. The molecule has 1 atom stereocenters. The highest BCUT2D eigenvalue weighted by molar-refractivity contribution is 7.11. The number of ether oxygens (including phenoxy) is 1. The van der Waals surface area contributed by atoms with Gasteiger partial charge in [-0.1, -0.05) is 0 Å². The summed E-state index contributed by atoms with van der Waals surface area (Å²) in [5.41, 5.74) is 0.901. The first-order chi connectivity index (χ1) is 8.60. The minimum absolute atomic E-state index is 0.244. The van der Waals surface area contributed by atoms with Crippen LogP contribution in [0.25, 0.3) is 0 Å². The van der Waals surface area contributed by atoms with E-state index in [1.54, 1.807) is 11.3 Å². The van der Waals surface area contributed by atoms with Gasteiger partial charge in [0.25, 0.3) is 0 Å². The van der Waals surface area contributed by atoms with E-state index < -0.39 is 5.97 Å². The number of carbonyl (C=O) groups excluding carboxylic acids is 1. The van der Waals surface area contributed by atoms with E-state index in [4.69, 9.17) is 5.11 Å². The monoisotopic (exact) mass is 269 g/mol. The highest BCUT2D eigenvalue weighted by Crippen LogP contribution is 2.30. The summed E-state index contributed by atoms with van der Waals surface area (Å²) in [7, 11) is 1.37. The lowest BCUT2D eigenvalue weighted by Gasteiger charge is -2.16. The summed E-state index contributed by atoms with van der Waals surface area (Å²) in [5, 5.41) is 9.89. The summed E-state index contributed by atoms with van der Waals surface area (Å²) < 4.78 is 4.58. The van der Waals surface area contributed by atoms with Gasteiger partial charge in [-0.25, -0.2) is 4.98 Å². The van der Waals surface area contributed by atoms with Crippen molar-refractivity contribution >= 4 is 23.3 Å². The van der Waals surface area contributed by atoms with Crippen molar-refractivity contribution in [3.63, 3.8) is 0 Å². The van der Waals surface area contributed by atoms with Gasteiger partial charge >= 0.3 is 11.9 Å². The number of methoxy groups -OCH3 is 1. The van der Waals surface area contributed by atoms with Crippen molar-refractivity contribution in [1.29, 1.82) is 0 Å². The normalized spacial score (nSPS) is 18.2. The van der Waals surface area contributed by atoms with E-state index in [0.29, 0.717) is 25.7 Å². The number of carboxylic acid groups (broad SMARTS) is 1. The topological polar surface area (TPSA) is 76.5 Å². The van der Waals surface area contributed by atoms with Gasteiger partial charge in [-0.2, -0.15) is 0 Å². The molecule has 0 radical (unpaired) electrons. The molecule has 0 fully saturated rings. The summed E-state index contributed by atoms with van der Waals surface area (Å²) in [6.07, 6.45) is 2.87. The van der Waals surface area contributed by atoms with Crippen molar-refractivity contribution in [2.45, 2.75) is 32.1 Å². The van der Waals surface area contributed by atoms with Crippen LogP contribution in [0.5, 0.6) is 0 Å². The molecule has 6 heteroatoms. The molecule has 1 heterocycles. The smallest absolute Gasteiger partial charge is 0.306 e. The minimum Gasteiger partial charge on any atom is -0.481 e. The Morgan fingerprint density at radius 1 is 1.56 bits per heavy atom. The fourth-order valence-corrected chi connectivity index (χ4v) is 3.17. The Kier molecular flexibility index (Phi) is 3.96. The number of rotatable bonds is 4. The third-order valence-corrected chi connectivity index (χ3v) is 4.32. The van der Waals surface area contributed by atoms with Gasteiger partial charge in [0, 0.05) is 17.7 Å². The molecule has 0 spiro atoms. The fourth-order valence-electron chi connectivity index (χ4n) is 2.06. The molecule has 98 valence electrons. The maximum Gasteiger partial charge on any atom is 0.306 e. The first-order valence-corrected chi connectivity index (χ1v) is 6.69. The average Bonchev–Trinajstić information content (AvgIpc) is 2.77. The van der Waals surface area contributed by atoms with E-state index in [0.717, 1.165) is 17.1 Å². The second-order valence-corrected chi connectivity index (χ2v) is 5.50. The van der Waals surface area contributed by atoms with Crippen LogP contribution in [-0.2, 0) is 33.6 Å². The highest BCUT2D eigenvalue weighted by Gasteiger charge is 2.27.